The van der Waals surface area contributed by atoms with Gasteiger partial charge in [-0.3, -0.25) is 4.79 Å². The molecule has 0 aliphatic rings. The lowest BCUT2D eigenvalue weighted by atomic mass is 9.80. The van der Waals surface area contributed by atoms with E-state index in [1.807, 2.05) is 0 Å². The molecule has 0 atom stereocenters. The largest absolute Gasteiger partial charge is 0.420 e. The third kappa shape index (κ3) is 2.91. The molecule has 0 spiro atoms. The summed E-state index contributed by atoms with van der Waals surface area (Å²) in [6.45, 7) is 5.62. The highest BCUT2D eigenvalue weighted by atomic mass is 19.2. The van der Waals surface area contributed by atoms with Gasteiger partial charge in [0.25, 0.3) is 0 Å². The maximum atomic E-state index is 14.8. The van der Waals surface area contributed by atoms with Gasteiger partial charge in [0.2, 0.25) is 11.6 Å². The maximum Gasteiger partial charge on any atom is 0.311 e. The van der Waals surface area contributed by atoms with E-state index < -0.39 is 68.4 Å². The molecule has 2 rings (SSSR count). The van der Waals surface area contributed by atoms with Crippen molar-refractivity contribution in [1.82, 2.24) is 0 Å². The first-order chi connectivity index (χ1) is 12.0. The Kier molecular flexibility index (Phi) is 5.26. The summed E-state index contributed by atoms with van der Waals surface area (Å²) in [6.07, 6.45) is -0.169. The average Bonchev–Trinajstić information content (AvgIpc) is 2.59. The quantitative estimate of drug-likeness (QED) is 0.296. The molecule has 142 valence electrons. The third-order valence-electron chi connectivity index (χ3n) is 4.42. The van der Waals surface area contributed by atoms with Crippen LogP contribution in [0, 0.1) is 34.9 Å². The first-order valence-corrected chi connectivity index (χ1v) is 7.87. The van der Waals surface area contributed by atoms with E-state index in [2.05, 4.69) is 4.74 Å². The second-order valence-corrected chi connectivity index (χ2v) is 6.40. The molecular weight excluding hydrogens is 362 g/mol. The molecule has 8 heteroatoms. The molecular formula is C18H16F6O2. The number of carbonyl (C=O) groups excluding carboxylic acids is 1. The number of carbonyl (C=O) groups is 1. The van der Waals surface area contributed by atoms with E-state index >= 15 is 0 Å². The Morgan fingerprint density at radius 2 is 1.31 bits per heavy atom. The van der Waals surface area contributed by atoms with Gasteiger partial charge in [0.05, 0.1) is 10.8 Å². The van der Waals surface area contributed by atoms with Crippen LogP contribution in [-0.2, 0) is 10.2 Å². The van der Waals surface area contributed by atoms with Gasteiger partial charge in [0, 0.05) is 12.0 Å². The van der Waals surface area contributed by atoms with Crippen LogP contribution in [0.15, 0.2) is 0 Å². The Hall–Kier alpha value is -2.25. The number of halogens is 6. The van der Waals surface area contributed by atoms with Crippen LogP contribution in [0.2, 0.25) is 0 Å². The number of benzene rings is 2. The van der Waals surface area contributed by atoms with E-state index in [1.165, 1.54) is 20.8 Å². The van der Waals surface area contributed by atoms with Crippen LogP contribution in [-0.4, -0.2) is 5.97 Å². The molecule has 26 heavy (non-hydrogen) atoms. The summed E-state index contributed by atoms with van der Waals surface area (Å²) in [5.74, 6) is -13.7. The molecule has 0 unspecified atom stereocenters. The number of hydrogen-bond acceptors (Lipinski definition) is 2. The number of hydrogen-bond donors (Lipinski definition) is 0. The molecule has 0 amide bonds. The Balaban J connectivity index is 3.02. The van der Waals surface area contributed by atoms with Gasteiger partial charge in [-0.2, -0.15) is 4.39 Å². The SMILES string of the molecule is CCC(=O)Oc1c(F)c(F)c2c(F)c(C(C)(C)CC)c(F)c(F)c2c1F. The minimum absolute atomic E-state index is 0.143. The summed E-state index contributed by atoms with van der Waals surface area (Å²) >= 11 is 0. The monoisotopic (exact) mass is 378 g/mol. The Morgan fingerprint density at radius 3 is 1.81 bits per heavy atom. The van der Waals surface area contributed by atoms with Crippen molar-refractivity contribution < 1.29 is 35.9 Å². The zero-order valence-corrected chi connectivity index (χ0v) is 14.5. The highest BCUT2D eigenvalue weighted by Gasteiger charge is 2.36. The summed E-state index contributed by atoms with van der Waals surface area (Å²) in [6, 6.07) is 0. The van der Waals surface area contributed by atoms with Crippen molar-refractivity contribution in [2.75, 3.05) is 0 Å². The van der Waals surface area contributed by atoms with Crippen molar-refractivity contribution in [2.45, 2.75) is 46.0 Å². The number of rotatable bonds is 4. The van der Waals surface area contributed by atoms with E-state index in [1.54, 1.807) is 6.92 Å². The van der Waals surface area contributed by atoms with Crippen molar-refractivity contribution in [2.24, 2.45) is 0 Å². The molecule has 0 saturated heterocycles. The maximum absolute atomic E-state index is 14.8. The fourth-order valence-corrected chi connectivity index (χ4v) is 2.54. The van der Waals surface area contributed by atoms with Gasteiger partial charge >= 0.3 is 5.97 Å². The lowest BCUT2D eigenvalue weighted by Gasteiger charge is -2.26. The molecule has 2 nitrogen and oxygen atoms in total. The number of ether oxygens (including phenoxy) is 1. The molecule has 0 bridgehead atoms. The van der Waals surface area contributed by atoms with E-state index in [9.17, 15) is 31.1 Å². The molecule has 0 N–H and O–H groups in total. The molecule has 0 aliphatic heterocycles. The topological polar surface area (TPSA) is 26.3 Å². The smallest absolute Gasteiger partial charge is 0.311 e. The summed E-state index contributed by atoms with van der Waals surface area (Å²) in [5.41, 5.74) is -2.09. The zero-order valence-electron chi connectivity index (χ0n) is 14.5. The summed E-state index contributed by atoms with van der Waals surface area (Å²) in [4.78, 5) is 11.3. The minimum atomic E-state index is -2.00. The second kappa shape index (κ2) is 6.81. The normalized spacial score (nSPS) is 11.9. The summed E-state index contributed by atoms with van der Waals surface area (Å²) in [7, 11) is 0. The predicted octanol–water partition coefficient (Wildman–Crippen LogP) is 5.68. The zero-order chi connectivity index (χ0) is 20.0. The molecule has 0 saturated carbocycles. The standard InChI is InChI=1S/C18H16F6O2/c1-5-7(25)26-17-14(22)9-8(13(21)16(17)24)11(19)10(15(23)12(9)20)18(3,4)6-2/h5-6H2,1-4H3. The molecule has 0 radical (unpaired) electrons. The third-order valence-corrected chi connectivity index (χ3v) is 4.42. The van der Waals surface area contributed by atoms with Crippen molar-refractivity contribution in [3.05, 3.63) is 40.5 Å². The van der Waals surface area contributed by atoms with E-state index in [0.717, 1.165) is 0 Å². The molecule has 2 aromatic carbocycles. The van der Waals surface area contributed by atoms with Gasteiger partial charge in [-0.15, -0.1) is 0 Å². The van der Waals surface area contributed by atoms with Gasteiger partial charge in [-0.25, -0.2) is 22.0 Å². The van der Waals surface area contributed by atoms with Crippen LogP contribution in [0.4, 0.5) is 26.3 Å². The van der Waals surface area contributed by atoms with Crippen molar-refractivity contribution in [3.8, 4) is 5.75 Å². The molecule has 2 aromatic rings. The Bertz CT molecular complexity index is 905. The molecule has 0 aromatic heterocycles. The summed E-state index contributed by atoms with van der Waals surface area (Å²) in [5, 5.41) is -2.82. The van der Waals surface area contributed by atoms with Crippen molar-refractivity contribution in [1.29, 1.82) is 0 Å². The fourth-order valence-electron chi connectivity index (χ4n) is 2.54. The fraction of sp³-hybridized carbons (Fsp3) is 0.389. The second-order valence-electron chi connectivity index (χ2n) is 6.40. The van der Waals surface area contributed by atoms with Crippen molar-refractivity contribution in [3.63, 3.8) is 0 Å². The van der Waals surface area contributed by atoms with Crippen LogP contribution in [0.25, 0.3) is 10.8 Å². The predicted molar refractivity (Wildman–Crippen MR) is 82.9 cm³/mol. The first kappa shape index (κ1) is 20.1. The van der Waals surface area contributed by atoms with Gasteiger partial charge < -0.3 is 4.74 Å². The van der Waals surface area contributed by atoms with Crippen LogP contribution < -0.4 is 4.74 Å². The van der Waals surface area contributed by atoms with E-state index in [4.69, 9.17) is 0 Å². The van der Waals surface area contributed by atoms with Crippen LogP contribution in [0.5, 0.6) is 5.75 Å². The first-order valence-electron chi connectivity index (χ1n) is 7.87. The summed E-state index contributed by atoms with van der Waals surface area (Å²) < 4.78 is 91.0. The molecule has 0 heterocycles. The Morgan fingerprint density at radius 1 is 0.808 bits per heavy atom. The van der Waals surface area contributed by atoms with Crippen LogP contribution in [0.1, 0.15) is 46.1 Å². The Labute approximate surface area is 145 Å². The van der Waals surface area contributed by atoms with Gasteiger partial charge in [-0.05, 0) is 11.8 Å². The van der Waals surface area contributed by atoms with Crippen LogP contribution >= 0.6 is 0 Å². The lowest BCUT2D eigenvalue weighted by molar-refractivity contribution is -0.134. The van der Waals surface area contributed by atoms with Crippen LogP contribution in [0.3, 0.4) is 0 Å². The van der Waals surface area contributed by atoms with Gasteiger partial charge in [-0.1, -0.05) is 27.7 Å². The number of esters is 1. The van der Waals surface area contributed by atoms with Crippen molar-refractivity contribution >= 4 is 16.7 Å². The highest BCUT2D eigenvalue weighted by molar-refractivity contribution is 5.88. The average molecular weight is 378 g/mol. The van der Waals surface area contributed by atoms with Gasteiger partial charge in [0.15, 0.2) is 23.3 Å². The van der Waals surface area contributed by atoms with E-state index in [0.29, 0.717) is 0 Å². The number of fused-ring (bicyclic) bond motifs is 1. The molecule has 0 aliphatic carbocycles. The highest BCUT2D eigenvalue weighted by Crippen LogP contribution is 2.42. The molecule has 0 fully saturated rings. The van der Waals surface area contributed by atoms with Gasteiger partial charge in [0.1, 0.15) is 5.82 Å². The minimum Gasteiger partial charge on any atom is -0.420 e. The lowest BCUT2D eigenvalue weighted by Crippen LogP contribution is -2.22. The van der Waals surface area contributed by atoms with E-state index in [-0.39, 0.29) is 12.8 Å².